The maximum Gasteiger partial charge on any atom is 0.225 e. The Morgan fingerprint density at radius 3 is 2.36 bits per heavy atom. The zero-order valence-corrected chi connectivity index (χ0v) is 14.9. The van der Waals surface area contributed by atoms with Gasteiger partial charge in [-0.2, -0.15) is 0 Å². The quantitative estimate of drug-likeness (QED) is 0.775. The van der Waals surface area contributed by atoms with E-state index in [0.717, 1.165) is 38.4 Å². The summed E-state index contributed by atoms with van der Waals surface area (Å²) in [5.74, 6) is 2.18. The number of carbonyl (C=O) groups excluding carboxylic acids is 1. The van der Waals surface area contributed by atoms with Crippen LogP contribution >= 0.6 is 0 Å². The van der Waals surface area contributed by atoms with E-state index in [1.54, 1.807) is 0 Å². The molecule has 1 N–H and O–H groups in total. The summed E-state index contributed by atoms with van der Waals surface area (Å²) in [5.41, 5.74) is 0. The molecule has 2 atom stereocenters. The van der Waals surface area contributed by atoms with Gasteiger partial charge in [-0.1, -0.05) is 40.0 Å². The standard InChI is InChI=1S/C19H36N2O/c1-4-15-11-18(20-12-16-9-7-8-10-16)14-21(13-15)19(22)17(5-2)6-3/h15-18,20H,4-14H2,1-3H3. The van der Waals surface area contributed by atoms with Crippen molar-refractivity contribution in [1.82, 2.24) is 10.2 Å². The van der Waals surface area contributed by atoms with Crippen LogP contribution in [0.3, 0.4) is 0 Å². The highest BCUT2D eigenvalue weighted by molar-refractivity contribution is 5.78. The Hall–Kier alpha value is -0.570. The summed E-state index contributed by atoms with van der Waals surface area (Å²) >= 11 is 0. The van der Waals surface area contributed by atoms with Crippen molar-refractivity contribution in [3.63, 3.8) is 0 Å². The second kappa shape index (κ2) is 8.90. The Balaban J connectivity index is 1.88. The summed E-state index contributed by atoms with van der Waals surface area (Å²) in [5, 5.41) is 3.79. The molecule has 0 spiro atoms. The highest BCUT2D eigenvalue weighted by atomic mass is 16.2. The van der Waals surface area contributed by atoms with E-state index in [1.165, 1.54) is 38.5 Å². The van der Waals surface area contributed by atoms with Crippen LogP contribution in [0.4, 0.5) is 0 Å². The van der Waals surface area contributed by atoms with Crippen LogP contribution in [-0.2, 0) is 4.79 Å². The molecule has 22 heavy (non-hydrogen) atoms. The zero-order chi connectivity index (χ0) is 15.9. The van der Waals surface area contributed by atoms with Crippen LogP contribution in [0.1, 0.15) is 72.1 Å². The highest BCUT2D eigenvalue weighted by Gasteiger charge is 2.31. The van der Waals surface area contributed by atoms with E-state index in [-0.39, 0.29) is 5.92 Å². The number of rotatable bonds is 7. The Morgan fingerprint density at radius 1 is 1.09 bits per heavy atom. The molecule has 1 saturated heterocycles. The lowest BCUT2D eigenvalue weighted by Crippen LogP contribution is -2.53. The Kier molecular flexibility index (Phi) is 7.20. The second-order valence-electron chi connectivity index (χ2n) is 7.52. The van der Waals surface area contributed by atoms with E-state index in [9.17, 15) is 4.79 Å². The fraction of sp³-hybridized carbons (Fsp3) is 0.947. The van der Waals surface area contributed by atoms with Gasteiger partial charge in [-0.15, -0.1) is 0 Å². The summed E-state index contributed by atoms with van der Waals surface area (Å²) in [6.07, 6.45) is 10.00. The van der Waals surface area contributed by atoms with Crippen molar-refractivity contribution in [3.8, 4) is 0 Å². The number of likely N-dealkylation sites (tertiary alicyclic amines) is 1. The van der Waals surface area contributed by atoms with Crippen molar-refractivity contribution in [1.29, 1.82) is 0 Å². The number of piperidine rings is 1. The average molecular weight is 309 g/mol. The van der Waals surface area contributed by atoms with Crippen LogP contribution in [0.2, 0.25) is 0 Å². The maximum atomic E-state index is 12.7. The predicted octanol–water partition coefficient (Wildman–Crippen LogP) is 3.83. The summed E-state index contributed by atoms with van der Waals surface area (Å²) in [6, 6.07) is 0.512. The number of nitrogens with zero attached hydrogens (tertiary/aromatic N) is 1. The van der Waals surface area contributed by atoms with E-state index >= 15 is 0 Å². The van der Waals surface area contributed by atoms with Crippen LogP contribution in [0.25, 0.3) is 0 Å². The van der Waals surface area contributed by atoms with Gasteiger partial charge in [0.25, 0.3) is 0 Å². The molecule has 2 rings (SSSR count). The lowest BCUT2D eigenvalue weighted by Gasteiger charge is -2.39. The first-order valence-corrected chi connectivity index (χ1v) is 9.69. The van der Waals surface area contributed by atoms with Crippen molar-refractivity contribution < 1.29 is 4.79 Å². The van der Waals surface area contributed by atoms with Crippen LogP contribution in [0, 0.1) is 17.8 Å². The molecule has 0 aromatic rings. The molecule has 0 bridgehead atoms. The summed E-state index contributed by atoms with van der Waals surface area (Å²) in [6.45, 7) is 9.62. The lowest BCUT2D eigenvalue weighted by atomic mass is 9.90. The van der Waals surface area contributed by atoms with Crippen LogP contribution in [-0.4, -0.2) is 36.5 Å². The number of hydrogen-bond acceptors (Lipinski definition) is 2. The van der Waals surface area contributed by atoms with Gasteiger partial charge in [-0.05, 0) is 50.5 Å². The number of amides is 1. The first kappa shape index (κ1) is 17.8. The highest BCUT2D eigenvalue weighted by Crippen LogP contribution is 2.26. The molecule has 1 aliphatic heterocycles. The molecular weight excluding hydrogens is 272 g/mol. The number of carbonyl (C=O) groups is 1. The van der Waals surface area contributed by atoms with E-state index in [1.807, 2.05) is 0 Å². The monoisotopic (exact) mass is 308 g/mol. The van der Waals surface area contributed by atoms with E-state index < -0.39 is 0 Å². The summed E-state index contributed by atoms with van der Waals surface area (Å²) in [4.78, 5) is 14.9. The molecule has 2 aliphatic rings. The molecule has 3 nitrogen and oxygen atoms in total. The van der Waals surface area contributed by atoms with E-state index in [2.05, 4.69) is 31.0 Å². The van der Waals surface area contributed by atoms with Crippen LogP contribution < -0.4 is 5.32 Å². The molecule has 1 heterocycles. The van der Waals surface area contributed by atoms with Gasteiger partial charge in [0.2, 0.25) is 5.91 Å². The minimum absolute atomic E-state index is 0.228. The smallest absolute Gasteiger partial charge is 0.225 e. The average Bonchev–Trinajstić information content (AvgIpc) is 3.07. The molecule has 1 aliphatic carbocycles. The summed E-state index contributed by atoms with van der Waals surface area (Å²) < 4.78 is 0. The van der Waals surface area contributed by atoms with Gasteiger partial charge in [0, 0.05) is 25.0 Å². The van der Waals surface area contributed by atoms with Gasteiger partial charge in [0.1, 0.15) is 0 Å². The lowest BCUT2D eigenvalue weighted by molar-refractivity contribution is -0.138. The molecular formula is C19H36N2O. The predicted molar refractivity (Wildman–Crippen MR) is 92.8 cm³/mol. The van der Waals surface area contributed by atoms with Gasteiger partial charge in [0.05, 0.1) is 0 Å². The Morgan fingerprint density at radius 2 is 1.77 bits per heavy atom. The molecule has 0 aromatic carbocycles. The fourth-order valence-electron chi connectivity index (χ4n) is 4.27. The first-order chi connectivity index (χ1) is 10.7. The number of nitrogens with one attached hydrogen (secondary N) is 1. The van der Waals surface area contributed by atoms with Crippen molar-refractivity contribution in [2.75, 3.05) is 19.6 Å². The normalized spacial score (nSPS) is 26.8. The van der Waals surface area contributed by atoms with Crippen molar-refractivity contribution >= 4 is 5.91 Å². The minimum atomic E-state index is 0.228. The van der Waals surface area contributed by atoms with Crippen molar-refractivity contribution in [2.45, 2.75) is 78.2 Å². The van der Waals surface area contributed by atoms with Crippen LogP contribution in [0.5, 0.6) is 0 Å². The molecule has 2 unspecified atom stereocenters. The molecule has 128 valence electrons. The molecule has 1 amide bonds. The fourth-order valence-corrected chi connectivity index (χ4v) is 4.27. The van der Waals surface area contributed by atoms with Gasteiger partial charge in [-0.3, -0.25) is 4.79 Å². The molecule has 2 fully saturated rings. The number of hydrogen-bond donors (Lipinski definition) is 1. The first-order valence-electron chi connectivity index (χ1n) is 9.69. The third-order valence-corrected chi connectivity index (χ3v) is 5.93. The third kappa shape index (κ3) is 4.71. The second-order valence-corrected chi connectivity index (χ2v) is 7.52. The Bertz CT molecular complexity index is 334. The van der Waals surface area contributed by atoms with Gasteiger partial charge < -0.3 is 10.2 Å². The van der Waals surface area contributed by atoms with Crippen molar-refractivity contribution in [2.24, 2.45) is 17.8 Å². The minimum Gasteiger partial charge on any atom is -0.341 e. The van der Waals surface area contributed by atoms with Gasteiger partial charge in [0.15, 0.2) is 0 Å². The van der Waals surface area contributed by atoms with Crippen LogP contribution in [0.15, 0.2) is 0 Å². The van der Waals surface area contributed by atoms with Crippen molar-refractivity contribution in [3.05, 3.63) is 0 Å². The molecule has 1 saturated carbocycles. The zero-order valence-electron chi connectivity index (χ0n) is 14.9. The topological polar surface area (TPSA) is 32.3 Å². The SMILES string of the molecule is CCC1CC(NCC2CCCC2)CN(C(=O)C(CC)CC)C1. The van der Waals surface area contributed by atoms with Gasteiger partial charge in [-0.25, -0.2) is 0 Å². The molecule has 3 heteroatoms. The van der Waals surface area contributed by atoms with Gasteiger partial charge >= 0.3 is 0 Å². The van der Waals surface area contributed by atoms with E-state index in [4.69, 9.17) is 0 Å². The molecule has 0 aromatic heterocycles. The largest absolute Gasteiger partial charge is 0.341 e. The summed E-state index contributed by atoms with van der Waals surface area (Å²) in [7, 11) is 0. The molecule has 0 radical (unpaired) electrons. The third-order valence-electron chi connectivity index (χ3n) is 5.93. The van der Waals surface area contributed by atoms with E-state index in [0.29, 0.717) is 17.9 Å². The maximum absolute atomic E-state index is 12.7. The Labute approximate surface area is 137 Å².